The average Bonchev–Trinajstić information content (AvgIpc) is 2.36. The number of nitrogens with two attached hydrogens (primary N) is 1. The lowest BCUT2D eigenvalue weighted by Crippen LogP contribution is -2.42. The fourth-order valence-electron chi connectivity index (χ4n) is 1.54. The zero-order chi connectivity index (χ0) is 15.6. The highest BCUT2D eigenvalue weighted by atomic mass is 32.2. The van der Waals surface area contributed by atoms with Crippen molar-refractivity contribution in [2.24, 2.45) is 5.73 Å². The zero-order valence-electron chi connectivity index (χ0n) is 12.1. The van der Waals surface area contributed by atoms with Gasteiger partial charge in [-0.25, -0.2) is 13.1 Å². The number of rotatable bonds is 6. The van der Waals surface area contributed by atoms with E-state index >= 15 is 0 Å². The van der Waals surface area contributed by atoms with E-state index in [2.05, 4.69) is 4.72 Å². The van der Waals surface area contributed by atoms with E-state index in [0.29, 0.717) is 6.42 Å². The molecular weight excluding hydrogens is 280 g/mol. The van der Waals surface area contributed by atoms with Gasteiger partial charge in [0, 0.05) is 5.54 Å². The summed E-state index contributed by atoms with van der Waals surface area (Å²) in [5.41, 5.74) is 4.68. The minimum atomic E-state index is -3.72. The van der Waals surface area contributed by atoms with Gasteiger partial charge in [0.25, 0.3) is 5.91 Å². The molecule has 112 valence electrons. The molecule has 0 radical (unpaired) electrons. The van der Waals surface area contributed by atoms with Gasteiger partial charge in [0.05, 0.1) is 17.6 Å². The number of nitrogens with one attached hydrogen (secondary N) is 1. The van der Waals surface area contributed by atoms with Crippen molar-refractivity contribution in [1.29, 1.82) is 0 Å². The molecule has 0 aliphatic carbocycles. The monoisotopic (exact) mass is 300 g/mol. The lowest BCUT2D eigenvalue weighted by Gasteiger charge is -2.24. The summed E-state index contributed by atoms with van der Waals surface area (Å²) in [6.07, 6.45) is 0.630. The molecular formula is C13H20N2O4S. The summed E-state index contributed by atoms with van der Waals surface area (Å²) in [5, 5.41) is 0. The van der Waals surface area contributed by atoms with Crippen molar-refractivity contribution in [2.75, 3.05) is 7.11 Å². The van der Waals surface area contributed by atoms with Gasteiger partial charge in [-0.05, 0) is 38.5 Å². The van der Waals surface area contributed by atoms with E-state index in [1.54, 1.807) is 13.8 Å². The fraction of sp³-hybridized carbons (Fsp3) is 0.462. The Hall–Kier alpha value is -1.60. The molecule has 0 bridgehead atoms. The molecule has 1 aromatic rings. The van der Waals surface area contributed by atoms with E-state index in [1.165, 1.54) is 25.3 Å². The van der Waals surface area contributed by atoms with Gasteiger partial charge in [-0.15, -0.1) is 0 Å². The van der Waals surface area contributed by atoms with Gasteiger partial charge >= 0.3 is 0 Å². The maximum Gasteiger partial charge on any atom is 0.252 e. The summed E-state index contributed by atoms with van der Waals surface area (Å²) in [6, 6.07) is 4.00. The van der Waals surface area contributed by atoms with E-state index in [1.807, 2.05) is 6.92 Å². The number of amides is 1. The molecule has 0 saturated carbocycles. The molecule has 20 heavy (non-hydrogen) atoms. The van der Waals surface area contributed by atoms with E-state index in [0.717, 1.165) is 0 Å². The Balaban J connectivity index is 3.27. The van der Waals surface area contributed by atoms with E-state index < -0.39 is 21.5 Å². The predicted octanol–water partition coefficient (Wildman–Crippen LogP) is 1.26. The summed E-state index contributed by atoms with van der Waals surface area (Å²) < 4.78 is 32.1. The van der Waals surface area contributed by atoms with Gasteiger partial charge in [0.2, 0.25) is 10.0 Å². The molecule has 0 atom stereocenters. The van der Waals surface area contributed by atoms with Crippen LogP contribution in [-0.4, -0.2) is 27.0 Å². The lowest BCUT2D eigenvalue weighted by molar-refractivity contribution is 0.0997. The van der Waals surface area contributed by atoms with Crippen LogP contribution >= 0.6 is 0 Å². The maximum absolute atomic E-state index is 12.3. The van der Waals surface area contributed by atoms with Crippen LogP contribution in [0.5, 0.6) is 5.75 Å². The van der Waals surface area contributed by atoms with Crippen LogP contribution in [0.25, 0.3) is 0 Å². The van der Waals surface area contributed by atoms with Gasteiger partial charge in [-0.2, -0.15) is 0 Å². The Morgan fingerprint density at radius 2 is 2.00 bits per heavy atom. The number of carbonyl (C=O) groups excluding carboxylic acids is 1. The van der Waals surface area contributed by atoms with Crippen LogP contribution in [0.15, 0.2) is 23.1 Å². The van der Waals surface area contributed by atoms with Gasteiger partial charge in [0.15, 0.2) is 0 Å². The van der Waals surface area contributed by atoms with Crippen LogP contribution in [0.1, 0.15) is 37.6 Å². The highest BCUT2D eigenvalue weighted by molar-refractivity contribution is 7.89. The van der Waals surface area contributed by atoms with Crippen LogP contribution < -0.4 is 15.2 Å². The van der Waals surface area contributed by atoms with Crippen molar-refractivity contribution in [3.8, 4) is 5.75 Å². The van der Waals surface area contributed by atoms with E-state index in [9.17, 15) is 13.2 Å². The molecule has 1 aromatic carbocycles. The summed E-state index contributed by atoms with van der Waals surface area (Å²) in [6.45, 7) is 5.44. The number of methoxy groups -OCH3 is 1. The molecule has 0 aliphatic rings. The van der Waals surface area contributed by atoms with Crippen molar-refractivity contribution in [3.63, 3.8) is 0 Å². The quantitative estimate of drug-likeness (QED) is 0.826. The Kier molecular flexibility index (Phi) is 4.77. The third kappa shape index (κ3) is 3.71. The number of hydrogen-bond donors (Lipinski definition) is 2. The minimum Gasteiger partial charge on any atom is -0.496 e. The number of primary amides is 1. The first-order chi connectivity index (χ1) is 9.13. The average molecular weight is 300 g/mol. The van der Waals surface area contributed by atoms with Crippen molar-refractivity contribution < 1.29 is 17.9 Å². The first kappa shape index (κ1) is 16.5. The molecule has 1 amide bonds. The van der Waals surface area contributed by atoms with Crippen molar-refractivity contribution in [2.45, 2.75) is 37.6 Å². The largest absolute Gasteiger partial charge is 0.496 e. The van der Waals surface area contributed by atoms with Crippen molar-refractivity contribution in [3.05, 3.63) is 23.8 Å². The molecule has 6 nitrogen and oxygen atoms in total. The molecule has 0 fully saturated rings. The number of ether oxygens (including phenoxy) is 1. The van der Waals surface area contributed by atoms with Crippen LogP contribution in [0.3, 0.4) is 0 Å². The zero-order valence-corrected chi connectivity index (χ0v) is 12.9. The highest BCUT2D eigenvalue weighted by Gasteiger charge is 2.25. The Morgan fingerprint density at radius 1 is 1.40 bits per heavy atom. The SMILES string of the molecule is CCC(C)(C)NS(=O)(=O)c1ccc(OC)c(C(N)=O)c1. The van der Waals surface area contributed by atoms with Gasteiger partial charge in [0.1, 0.15) is 5.75 Å². The number of benzene rings is 1. The third-order valence-corrected chi connectivity index (χ3v) is 4.74. The first-order valence-electron chi connectivity index (χ1n) is 6.15. The fourth-order valence-corrected chi connectivity index (χ4v) is 3.05. The topological polar surface area (TPSA) is 98.5 Å². The standard InChI is InChI=1S/C13H20N2O4S/c1-5-13(2,3)15-20(17,18)9-6-7-11(19-4)10(8-9)12(14)16/h6-8,15H,5H2,1-4H3,(H2,14,16). The predicted molar refractivity (Wildman–Crippen MR) is 76.2 cm³/mol. The van der Waals surface area contributed by atoms with Crippen LogP contribution in [-0.2, 0) is 10.0 Å². The molecule has 1 rings (SSSR count). The summed E-state index contributed by atoms with van der Waals surface area (Å²) in [4.78, 5) is 11.3. The number of hydrogen-bond acceptors (Lipinski definition) is 4. The minimum absolute atomic E-state index is 0.0198. The van der Waals surface area contributed by atoms with E-state index in [-0.39, 0.29) is 16.2 Å². The van der Waals surface area contributed by atoms with Gasteiger partial charge in [-0.3, -0.25) is 4.79 Å². The van der Waals surface area contributed by atoms with Crippen molar-refractivity contribution >= 4 is 15.9 Å². The second kappa shape index (κ2) is 5.80. The summed E-state index contributed by atoms with van der Waals surface area (Å²) >= 11 is 0. The normalized spacial score (nSPS) is 12.2. The molecule has 0 heterocycles. The third-order valence-electron chi connectivity index (χ3n) is 3.04. The summed E-state index contributed by atoms with van der Waals surface area (Å²) in [5.74, 6) is -0.500. The first-order valence-corrected chi connectivity index (χ1v) is 7.63. The number of carbonyl (C=O) groups is 1. The van der Waals surface area contributed by atoms with Crippen LogP contribution in [0.4, 0.5) is 0 Å². The Labute approximate surface area is 119 Å². The number of sulfonamides is 1. The van der Waals surface area contributed by atoms with Crippen LogP contribution in [0, 0.1) is 0 Å². The molecule has 0 saturated heterocycles. The highest BCUT2D eigenvalue weighted by Crippen LogP contribution is 2.23. The molecule has 3 N–H and O–H groups in total. The maximum atomic E-state index is 12.3. The molecule has 0 aliphatic heterocycles. The van der Waals surface area contributed by atoms with Crippen LogP contribution in [0.2, 0.25) is 0 Å². The molecule has 0 spiro atoms. The summed E-state index contributed by atoms with van der Waals surface area (Å²) in [7, 11) is -2.34. The molecule has 0 aromatic heterocycles. The second-order valence-corrected chi connectivity index (χ2v) is 6.75. The second-order valence-electron chi connectivity index (χ2n) is 5.07. The Morgan fingerprint density at radius 3 is 2.45 bits per heavy atom. The smallest absolute Gasteiger partial charge is 0.252 e. The Bertz CT molecular complexity index is 609. The van der Waals surface area contributed by atoms with Gasteiger partial charge in [-0.1, -0.05) is 6.92 Å². The lowest BCUT2D eigenvalue weighted by atomic mass is 10.0. The van der Waals surface area contributed by atoms with Crippen molar-refractivity contribution in [1.82, 2.24) is 4.72 Å². The molecule has 7 heteroatoms. The molecule has 0 unspecified atom stereocenters. The van der Waals surface area contributed by atoms with Gasteiger partial charge < -0.3 is 10.5 Å². The van der Waals surface area contributed by atoms with E-state index in [4.69, 9.17) is 10.5 Å².